The largest absolute Gasteiger partial charge is 0.350 e. The Balaban J connectivity index is 1.39. The zero-order chi connectivity index (χ0) is 21.0. The minimum absolute atomic E-state index is 0.0897. The average Bonchev–Trinajstić information content (AvgIpc) is 3.33. The molecule has 2 fully saturated rings. The Morgan fingerprint density at radius 2 is 1.70 bits per heavy atom. The number of carbonyl (C=O) groups is 1. The Kier molecular flexibility index (Phi) is 6.48. The van der Waals surface area contributed by atoms with Crippen molar-refractivity contribution < 1.29 is 22.7 Å². The second-order valence-corrected chi connectivity index (χ2v) is 9.34. The van der Waals surface area contributed by atoms with Gasteiger partial charge in [-0.15, -0.1) is 0 Å². The van der Waals surface area contributed by atoms with Gasteiger partial charge in [-0.2, -0.15) is 0 Å². The molecule has 2 aliphatic heterocycles. The van der Waals surface area contributed by atoms with Crippen molar-refractivity contribution in [3.63, 3.8) is 0 Å². The number of amides is 1. The van der Waals surface area contributed by atoms with Crippen molar-refractivity contribution in [2.75, 3.05) is 26.3 Å². The zero-order valence-corrected chi connectivity index (χ0v) is 17.5. The number of benzene rings is 2. The highest BCUT2D eigenvalue weighted by molar-refractivity contribution is 7.89. The molecule has 2 heterocycles. The summed E-state index contributed by atoms with van der Waals surface area (Å²) >= 11 is 0. The van der Waals surface area contributed by atoms with Crippen molar-refractivity contribution in [2.45, 2.75) is 30.6 Å². The molecule has 2 aromatic rings. The first-order valence-electron chi connectivity index (χ1n) is 10.2. The Labute approximate surface area is 177 Å². The van der Waals surface area contributed by atoms with E-state index in [1.165, 1.54) is 12.1 Å². The Morgan fingerprint density at radius 1 is 1.00 bits per heavy atom. The van der Waals surface area contributed by atoms with E-state index >= 15 is 0 Å². The van der Waals surface area contributed by atoms with Gasteiger partial charge in [0.1, 0.15) is 0 Å². The van der Waals surface area contributed by atoms with Gasteiger partial charge in [0.2, 0.25) is 10.0 Å². The van der Waals surface area contributed by atoms with Crippen molar-refractivity contribution in [2.24, 2.45) is 5.92 Å². The minimum atomic E-state index is -3.72. The van der Waals surface area contributed by atoms with Crippen molar-refractivity contribution in [1.29, 1.82) is 0 Å². The van der Waals surface area contributed by atoms with Gasteiger partial charge in [0.05, 0.1) is 18.1 Å². The van der Waals surface area contributed by atoms with Crippen LogP contribution >= 0.6 is 0 Å². The second-order valence-electron chi connectivity index (χ2n) is 7.58. The molecule has 0 aliphatic carbocycles. The first-order valence-corrected chi connectivity index (χ1v) is 11.7. The van der Waals surface area contributed by atoms with Gasteiger partial charge in [0.25, 0.3) is 5.91 Å². The number of likely N-dealkylation sites (tertiary alicyclic amines) is 1. The summed E-state index contributed by atoms with van der Waals surface area (Å²) in [5.41, 5.74) is 1.25. The molecule has 4 rings (SSSR count). The second kappa shape index (κ2) is 9.26. The average molecular weight is 431 g/mol. The molecule has 0 spiro atoms. The van der Waals surface area contributed by atoms with Crippen LogP contribution in [0.15, 0.2) is 59.5 Å². The van der Waals surface area contributed by atoms with Crippen LogP contribution < -0.4 is 4.72 Å². The van der Waals surface area contributed by atoms with Gasteiger partial charge in [0.15, 0.2) is 6.29 Å². The van der Waals surface area contributed by atoms with E-state index in [4.69, 9.17) is 9.47 Å². The lowest BCUT2D eigenvalue weighted by Crippen LogP contribution is -2.41. The molecule has 8 heteroatoms. The maximum atomic E-state index is 12.9. The molecule has 0 unspecified atom stereocenters. The van der Waals surface area contributed by atoms with Gasteiger partial charge in [-0.05, 0) is 36.6 Å². The fraction of sp³-hybridized carbons (Fsp3) is 0.409. The predicted molar refractivity (Wildman–Crippen MR) is 111 cm³/mol. The number of hydrogen-bond donors (Lipinski definition) is 1. The molecule has 0 bridgehead atoms. The van der Waals surface area contributed by atoms with Crippen LogP contribution in [0.4, 0.5) is 0 Å². The van der Waals surface area contributed by atoms with Crippen molar-refractivity contribution >= 4 is 15.9 Å². The van der Waals surface area contributed by atoms with Crippen LogP contribution in [-0.2, 0) is 26.0 Å². The van der Waals surface area contributed by atoms with Crippen LogP contribution in [0, 0.1) is 5.92 Å². The Morgan fingerprint density at radius 3 is 2.40 bits per heavy atom. The zero-order valence-electron chi connectivity index (χ0n) is 16.7. The van der Waals surface area contributed by atoms with Crippen LogP contribution in [0.2, 0.25) is 0 Å². The summed E-state index contributed by atoms with van der Waals surface area (Å²) < 4.78 is 39.1. The quantitative estimate of drug-likeness (QED) is 0.761. The minimum Gasteiger partial charge on any atom is -0.350 e. The van der Waals surface area contributed by atoms with Crippen molar-refractivity contribution in [3.05, 3.63) is 65.7 Å². The molecule has 0 saturated carbocycles. The van der Waals surface area contributed by atoms with E-state index in [0.717, 1.165) is 18.4 Å². The van der Waals surface area contributed by atoms with E-state index in [9.17, 15) is 13.2 Å². The Bertz CT molecular complexity index is 966. The lowest BCUT2D eigenvalue weighted by atomic mass is 9.95. The summed E-state index contributed by atoms with van der Waals surface area (Å²) in [6.45, 7) is 2.67. The standard InChI is InChI=1S/C22H26N2O5S/c25-21(24-11-9-18(10-12-24)22-28-13-14-29-22)19-7-4-8-20(15-19)30(26,27)23-16-17-5-2-1-3-6-17/h1-8,15,18,22-23H,9-14,16H2. The van der Waals surface area contributed by atoms with Gasteiger partial charge >= 0.3 is 0 Å². The van der Waals surface area contributed by atoms with Gasteiger partial charge in [-0.25, -0.2) is 13.1 Å². The molecular formula is C22H26N2O5S. The number of hydrogen-bond acceptors (Lipinski definition) is 5. The number of carbonyl (C=O) groups excluding carboxylic acids is 1. The van der Waals surface area contributed by atoms with Crippen molar-refractivity contribution in [3.8, 4) is 0 Å². The van der Waals surface area contributed by atoms with Gasteiger partial charge < -0.3 is 14.4 Å². The molecule has 30 heavy (non-hydrogen) atoms. The smallest absolute Gasteiger partial charge is 0.253 e. The van der Waals surface area contributed by atoms with Crippen LogP contribution in [0.3, 0.4) is 0 Å². The normalized spacial score (nSPS) is 18.6. The van der Waals surface area contributed by atoms with Crippen LogP contribution in [0.5, 0.6) is 0 Å². The fourth-order valence-electron chi connectivity index (χ4n) is 3.86. The Hall–Kier alpha value is -2.26. The summed E-state index contributed by atoms with van der Waals surface area (Å²) in [6.07, 6.45) is 1.46. The van der Waals surface area contributed by atoms with E-state index in [0.29, 0.717) is 37.8 Å². The van der Waals surface area contributed by atoms with Crippen LogP contribution in [-0.4, -0.2) is 51.8 Å². The highest BCUT2D eigenvalue weighted by Gasteiger charge is 2.32. The third-order valence-electron chi connectivity index (χ3n) is 5.56. The number of ether oxygens (including phenoxy) is 2. The molecule has 0 radical (unpaired) electrons. The number of rotatable bonds is 6. The van der Waals surface area contributed by atoms with E-state index in [-0.39, 0.29) is 23.6 Å². The lowest BCUT2D eigenvalue weighted by molar-refractivity contribution is -0.0956. The highest BCUT2D eigenvalue weighted by atomic mass is 32.2. The highest BCUT2D eigenvalue weighted by Crippen LogP contribution is 2.26. The topological polar surface area (TPSA) is 84.9 Å². The van der Waals surface area contributed by atoms with E-state index < -0.39 is 10.0 Å². The summed E-state index contributed by atoms with van der Waals surface area (Å²) in [6, 6.07) is 15.5. The summed E-state index contributed by atoms with van der Waals surface area (Å²) in [7, 11) is -3.72. The number of sulfonamides is 1. The SMILES string of the molecule is O=C(c1cccc(S(=O)(=O)NCc2ccccc2)c1)N1CCC(C2OCCO2)CC1. The lowest BCUT2D eigenvalue weighted by Gasteiger charge is -2.34. The maximum Gasteiger partial charge on any atom is 0.253 e. The molecule has 2 aromatic carbocycles. The molecular weight excluding hydrogens is 404 g/mol. The van der Waals surface area contributed by atoms with Gasteiger partial charge in [-0.1, -0.05) is 36.4 Å². The molecule has 1 amide bonds. The van der Waals surface area contributed by atoms with E-state index in [1.54, 1.807) is 17.0 Å². The van der Waals surface area contributed by atoms with Gasteiger partial charge in [0, 0.05) is 31.1 Å². The number of nitrogens with zero attached hydrogens (tertiary/aromatic N) is 1. The molecule has 0 atom stereocenters. The van der Waals surface area contributed by atoms with Crippen molar-refractivity contribution in [1.82, 2.24) is 9.62 Å². The molecule has 160 valence electrons. The predicted octanol–water partition coefficient (Wildman–Crippen LogP) is 2.39. The molecule has 0 aromatic heterocycles. The summed E-state index contributed by atoms with van der Waals surface area (Å²) in [4.78, 5) is 14.8. The summed E-state index contributed by atoms with van der Waals surface area (Å²) in [5.74, 6) is 0.146. The molecule has 7 nitrogen and oxygen atoms in total. The van der Waals surface area contributed by atoms with E-state index in [2.05, 4.69) is 4.72 Å². The summed E-state index contributed by atoms with van der Waals surface area (Å²) in [5, 5.41) is 0. The van der Waals surface area contributed by atoms with Crippen LogP contribution in [0.25, 0.3) is 0 Å². The fourth-order valence-corrected chi connectivity index (χ4v) is 4.92. The first-order chi connectivity index (χ1) is 14.5. The first kappa shape index (κ1) is 21.0. The third-order valence-corrected chi connectivity index (χ3v) is 6.96. The molecule has 2 saturated heterocycles. The monoisotopic (exact) mass is 430 g/mol. The van der Waals surface area contributed by atoms with E-state index in [1.807, 2.05) is 30.3 Å². The van der Waals surface area contributed by atoms with Gasteiger partial charge in [-0.3, -0.25) is 4.79 Å². The molecule has 1 N–H and O–H groups in total. The van der Waals surface area contributed by atoms with Crippen LogP contribution in [0.1, 0.15) is 28.8 Å². The number of nitrogens with one attached hydrogen (secondary N) is 1. The third kappa shape index (κ3) is 4.89. The maximum absolute atomic E-state index is 12.9. The molecule has 2 aliphatic rings. The number of piperidine rings is 1.